The van der Waals surface area contributed by atoms with Crippen LogP contribution in [0.1, 0.15) is 5.56 Å². The lowest BCUT2D eigenvalue weighted by Gasteiger charge is -2.11. The van der Waals surface area contributed by atoms with E-state index in [1.807, 2.05) is 0 Å². The highest BCUT2D eigenvalue weighted by atomic mass is 14.1. The van der Waals surface area contributed by atoms with E-state index in [0.717, 1.165) is 0 Å². The molecule has 21 heavy (non-hydrogen) atoms. The Morgan fingerprint density at radius 3 is 2.19 bits per heavy atom. The third-order valence-corrected chi connectivity index (χ3v) is 4.10. The molecule has 0 unspecified atom stereocenters. The van der Waals surface area contributed by atoms with E-state index in [1.54, 1.807) is 0 Å². The minimum absolute atomic E-state index is 1.28. The van der Waals surface area contributed by atoms with Gasteiger partial charge in [-0.3, -0.25) is 0 Å². The van der Waals surface area contributed by atoms with Crippen LogP contribution in [0.5, 0.6) is 0 Å². The van der Waals surface area contributed by atoms with Crippen LogP contribution < -0.4 is 0 Å². The minimum atomic E-state index is 1.28. The van der Waals surface area contributed by atoms with E-state index in [-0.39, 0.29) is 0 Å². The first-order valence-corrected chi connectivity index (χ1v) is 7.30. The maximum absolute atomic E-state index is 2.31. The van der Waals surface area contributed by atoms with Gasteiger partial charge in [-0.05, 0) is 45.7 Å². The molecule has 100 valence electrons. The zero-order valence-corrected chi connectivity index (χ0v) is 12.0. The van der Waals surface area contributed by atoms with Gasteiger partial charge in [-0.1, -0.05) is 78.4 Å². The van der Waals surface area contributed by atoms with Gasteiger partial charge in [0.25, 0.3) is 0 Å². The first-order valence-electron chi connectivity index (χ1n) is 7.30. The average molecular weight is 268 g/mol. The van der Waals surface area contributed by atoms with Crippen molar-refractivity contribution >= 4 is 21.5 Å². The summed E-state index contributed by atoms with van der Waals surface area (Å²) in [5.41, 5.74) is 3.89. The van der Waals surface area contributed by atoms with E-state index < -0.39 is 0 Å². The van der Waals surface area contributed by atoms with Crippen molar-refractivity contribution < 1.29 is 0 Å². The molecule has 4 aromatic rings. The summed E-state index contributed by atoms with van der Waals surface area (Å²) in [6, 6.07) is 28.3. The van der Waals surface area contributed by atoms with Crippen LogP contribution in [0.2, 0.25) is 0 Å². The van der Waals surface area contributed by atoms with Crippen LogP contribution in [-0.4, -0.2) is 0 Å². The number of rotatable bonds is 1. The molecule has 0 saturated heterocycles. The van der Waals surface area contributed by atoms with Crippen molar-refractivity contribution in [1.82, 2.24) is 0 Å². The molecule has 0 N–H and O–H groups in total. The molecule has 0 aliphatic heterocycles. The predicted octanol–water partition coefficient (Wildman–Crippen LogP) is 5.97. The molecule has 0 nitrogen and oxygen atoms in total. The second kappa shape index (κ2) is 4.75. The molecule has 0 saturated carbocycles. The van der Waals surface area contributed by atoms with E-state index in [4.69, 9.17) is 0 Å². The van der Waals surface area contributed by atoms with Crippen molar-refractivity contribution in [2.24, 2.45) is 0 Å². The molecule has 0 spiro atoms. The Kier molecular flexibility index (Phi) is 2.75. The summed E-state index contributed by atoms with van der Waals surface area (Å²) in [7, 11) is 0. The van der Waals surface area contributed by atoms with Crippen molar-refractivity contribution in [2.75, 3.05) is 0 Å². The number of hydrogen-bond donors (Lipinski definition) is 0. The Bertz CT molecular complexity index is 934. The second-order valence-electron chi connectivity index (χ2n) is 5.56. The van der Waals surface area contributed by atoms with Crippen LogP contribution in [0, 0.1) is 6.92 Å². The third-order valence-electron chi connectivity index (χ3n) is 4.10. The van der Waals surface area contributed by atoms with Crippen molar-refractivity contribution in [1.29, 1.82) is 0 Å². The van der Waals surface area contributed by atoms with Gasteiger partial charge in [0.05, 0.1) is 0 Å². The Labute approximate surface area is 124 Å². The highest BCUT2D eigenvalue weighted by Gasteiger charge is 2.08. The first-order chi connectivity index (χ1) is 10.3. The molecule has 0 heteroatoms. The van der Waals surface area contributed by atoms with Gasteiger partial charge in [-0.2, -0.15) is 0 Å². The third kappa shape index (κ3) is 2.00. The quantitative estimate of drug-likeness (QED) is 0.373. The largest absolute Gasteiger partial charge is 0.0622 e. The molecular weight excluding hydrogens is 252 g/mol. The maximum atomic E-state index is 2.31. The molecule has 0 aliphatic rings. The lowest BCUT2D eigenvalue weighted by Crippen LogP contribution is -1.85. The molecule has 0 radical (unpaired) electrons. The topological polar surface area (TPSA) is 0 Å². The summed E-state index contributed by atoms with van der Waals surface area (Å²) < 4.78 is 0. The van der Waals surface area contributed by atoms with Gasteiger partial charge >= 0.3 is 0 Å². The Morgan fingerprint density at radius 2 is 1.33 bits per heavy atom. The van der Waals surface area contributed by atoms with Crippen LogP contribution >= 0.6 is 0 Å². The molecule has 0 amide bonds. The number of hydrogen-bond acceptors (Lipinski definition) is 0. The van der Waals surface area contributed by atoms with Gasteiger partial charge in [0, 0.05) is 0 Å². The Balaban J connectivity index is 2.20. The van der Waals surface area contributed by atoms with Gasteiger partial charge in [0.1, 0.15) is 0 Å². The Hall–Kier alpha value is -2.60. The molecule has 0 heterocycles. The highest BCUT2D eigenvalue weighted by Crippen LogP contribution is 2.35. The molecule has 0 aromatic heterocycles. The molecule has 0 bridgehead atoms. The highest BCUT2D eigenvalue weighted by molar-refractivity contribution is 6.13. The van der Waals surface area contributed by atoms with E-state index in [2.05, 4.69) is 85.8 Å². The zero-order valence-electron chi connectivity index (χ0n) is 12.0. The smallest absolute Gasteiger partial charge is 0.00963 e. The van der Waals surface area contributed by atoms with Crippen LogP contribution in [0.4, 0.5) is 0 Å². The van der Waals surface area contributed by atoms with E-state index in [9.17, 15) is 0 Å². The molecule has 4 rings (SSSR count). The van der Waals surface area contributed by atoms with Crippen molar-refractivity contribution in [3.05, 3.63) is 84.4 Å². The number of aryl methyl sites for hydroxylation is 1. The molecule has 0 fully saturated rings. The molecule has 0 atom stereocenters. The summed E-state index contributed by atoms with van der Waals surface area (Å²) in [4.78, 5) is 0. The second-order valence-corrected chi connectivity index (χ2v) is 5.56. The van der Waals surface area contributed by atoms with Crippen molar-refractivity contribution in [3.63, 3.8) is 0 Å². The SMILES string of the molecule is Cc1ccc2c(c1)c(-c1ccccc1)cc1ccccc12. The molecule has 4 aromatic carbocycles. The van der Waals surface area contributed by atoms with Crippen molar-refractivity contribution in [3.8, 4) is 11.1 Å². The Morgan fingerprint density at radius 1 is 0.571 bits per heavy atom. The van der Waals surface area contributed by atoms with E-state index in [0.29, 0.717) is 0 Å². The van der Waals surface area contributed by atoms with Crippen LogP contribution in [0.15, 0.2) is 78.9 Å². The summed E-state index contributed by atoms with van der Waals surface area (Å²) in [6.45, 7) is 2.16. The monoisotopic (exact) mass is 268 g/mol. The van der Waals surface area contributed by atoms with E-state index >= 15 is 0 Å². The number of fused-ring (bicyclic) bond motifs is 3. The van der Waals surface area contributed by atoms with Crippen LogP contribution in [-0.2, 0) is 0 Å². The van der Waals surface area contributed by atoms with Crippen molar-refractivity contribution in [2.45, 2.75) is 6.92 Å². The standard InChI is InChI=1S/C21H16/c1-15-11-12-19-18-10-6-5-9-17(18)14-20(21(19)13-15)16-7-3-2-4-8-16/h2-14H,1H3. The average Bonchev–Trinajstić information content (AvgIpc) is 2.54. The fourth-order valence-electron chi connectivity index (χ4n) is 3.07. The minimum Gasteiger partial charge on any atom is -0.0622 e. The normalized spacial score (nSPS) is 11.1. The maximum Gasteiger partial charge on any atom is -0.00963 e. The molecule has 0 aliphatic carbocycles. The van der Waals surface area contributed by atoms with Gasteiger partial charge < -0.3 is 0 Å². The van der Waals surface area contributed by atoms with Crippen LogP contribution in [0.25, 0.3) is 32.7 Å². The van der Waals surface area contributed by atoms with Gasteiger partial charge in [-0.25, -0.2) is 0 Å². The molecular formula is C21H16. The summed E-state index contributed by atoms with van der Waals surface area (Å²) >= 11 is 0. The number of benzene rings is 4. The van der Waals surface area contributed by atoms with Gasteiger partial charge in [-0.15, -0.1) is 0 Å². The van der Waals surface area contributed by atoms with Crippen LogP contribution in [0.3, 0.4) is 0 Å². The summed E-state index contributed by atoms with van der Waals surface area (Å²) in [5.74, 6) is 0. The zero-order chi connectivity index (χ0) is 14.2. The fraction of sp³-hybridized carbons (Fsp3) is 0.0476. The van der Waals surface area contributed by atoms with Gasteiger partial charge in [0.2, 0.25) is 0 Å². The van der Waals surface area contributed by atoms with Gasteiger partial charge in [0.15, 0.2) is 0 Å². The lowest BCUT2D eigenvalue weighted by atomic mass is 9.92. The lowest BCUT2D eigenvalue weighted by molar-refractivity contribution is 1.51. The van der Waals surface area contributed by atoms with E-state index in [1.165, 1.54) is 38.2 Å². The first kappa shape index (κ1) is 12.2. The fourth-order valence-corrected chi connectivity index (χ4v) is 3.07. The predicted molar refractivity (Wildman–Crippen MR) is 91.6 cm³/mol. The summed E-state index contributed by atoms with van der Waals surface area (Å²) in [6.07, 6.45) is 0. The summed E-state index contributed by atoms with van der Waals surface area (Å²) in [5, 5.41) is 5.29.